The van der Waals surface area contributed by atoms with Gasteiger partial charge in [-0.3, -0.25) is 9.48 Å². The summed E-state index contributed by atoms with van der Waals surface area (Å²) in [5.74, 6) is -2.21. The van der Waals surface area contributed by atoms with Crippen molar-refractivity contribution >= 4 is 5.78 Å². The molecule has 0 unspecified atom stereocenters. The Morgan fingerprint density at radius 3 is 2.65 bits per heavy atom. The summed E-state index contributed by atoms with van der Waals surface area (Å²) in [4.78, 5) is 11.4. The molecule has 0 saturated heterocycles. The fourth-order valence-corrected chi connectivity index (χ4v) is 1.19. The van der Waals surface area contributed by atoms with Gasteiger partial charge in [0, 0.05) is 12.7 Å². The van der Waals surface area contributed by atoms with Crippen LogP contribution in [0.2, 0.25) is 0 Å². The van der Waals surface area contributed by atoms with Crippen LogP contribution >= 0.6 is 0 Å². The van der Waals surface area contributed by atoms with Crippen molar-refractivity contribution in [2.24, 2.45) is 0 Å². The average molecular weight is 252 g/mol. The van der Waals surface area contributed by atoms with Gasteiger partial charge in [-0.05, 0) is 19.9 Å². The fraction of sp³-hybridized carbons (Fsp3) is 0.400. The molecule has 0 aliphatic rings. The predicted octanol–water partition coefficient (Wildman–Crippen LogP) is -2.09. The van der Waals surface area contributed by atoms with E-state index < -0.39 is 18.0 Å². The SMILES string of the molecule is CCn1cc(C(=O)C=C([O-])C(F)F)c(C)n1.[Na+]. The van der Waals surface area contributed by atoms with Gasteiger partial charge in [-0.15, -0.1) is 0 Å². The molecule has 0 atom stereocenters. The van der Waals surface area contributed by atoms with Crippen molar-refractivity contribution in [2.75, 3.05) is 0 Å². The minimum atomic E-state index is -3.15. The van der Waals surface area contributed by atoms with Gasteiger partial charge in [-0.2, -0.15) is 5.10 Å². The maximum absolute atomic E-state index is 11.9. The molecule has 1 heterocycles. The van der Waals surface area contributed by atoms with Gasteiger partial charge in [0.15, 0.2) is 5.78 Å². The third-order valence-electron chi connectivity index (χ3n) is 2.02. The van der Waals surface area contributed by atoms with Crippen molar-refractivity contribution in [1.29, 1.82) is 0 Å². The number of allylic oxidation sites excluding steroid dienone is 2. The van der Waals surface area contributed by atoms with Crippen LogP contribution in [0.15, 0.2) is 18.0 Å². The molecule has 0 amide bonds. The Bertz CT molecular complexity index is 430. The second kappa shape index (κ2) is 6.88. The molecule has 0 bridgehead atoms. The smallest absolute Gasteiger partial charge is 0.872 e. The molecule has 1 aromatic rings. The van der Waals surface area contributed by atoms with Crippen molar-refractivity contribution in [3.63, 3.8) is 0 Å². The molecule has 88 valence electrons. The van der Waals surface area contributed by atoms with E-state index in [9.17, 15) is 18.7 Å². The van der Waals surface area contributed by atoms with Gasteiger partial charge in [0.25, 0.3) is 0 Å². The molecule has 17 heavy (non-hydrogen) atoms. The number of alkyl halides is 2. The molecular weight excluding hydrogens is 241 g/mol. The number of aryl methyl sites for hydroxylation is 2. The first-order chi connectivity index (χ1) is 7.45. The summed E-state index contributed by atoms with van der Waals surface area (Å²) in [7, 11) is 0. The van der Waals surface area contributed by atoms with Crippen molar-refractivity contribution in [3.05, 3.63) is 29.3 Å². The monoisotopic (exact) mass is 252 g/mol. The normalized spacial score (nSPS) is 11.5. The molecule has 0 N–H and O–H groups in total. The van der Waals surface area contributed by atoms with Crippen LogP contribution < -0.4 is 34.7 Å². The Hall–Kier alpha value is -0.720. The number of aromatic nitrogens is 2. The van der Waals surface area contributed by atoms with Gasteiger partial charge < -0.3 is 5.11 Å². The molecule has 0 radical (unpaired) electrons. The minimum absolute atomic E-state index is 0. The van der Waals surface area contributed by atoms with Crippen LogP contribution in [-0.4, -0.2) is 22.0 Å². The average Bonchev–Trinajstić information content (AvgIpc) is 2.59. The zero-order chi connectivity index (χ0) is 12.3. The summed E-state index contributed by atoms with van der Waals surface area (Å²) < 4.78 is 25.3. The second-order valence-corrected chi connectivity index (χ2v) is 3.20. The summed E-state index contributed by atoms with van der Waals surface area (Å²) in [5.41, 5.74) is 0.598. The zero-order valence-corrected chi connectivity index (χ0v) is 11.9. The molecule has 0 aliphatic heterocycles. The van der Waals surface area contributed by atoms with Crippen LogP contribution in [0.1, 0.15) is 23.0 Å². The van der Waals surface area contributed by atoms with E-state index in [1.165, 1.54) is 10.9 Å². The van der Waals surface area contributed by atoms with Crippen molar-refractivity contribution in [1.82, 2.24) is 9.78 Å². The van der Waals surface area contributed by atoms with Gasteiger partial charge in [0.05, 0.1) is 11.3 Å². The summed E-state index contributed by atoms with van der Waals surface area (Å²) in [5, 5.41) is 14.6. The molecular formula is C10H11F2N2NaO2. The fourth-order valence-electron chi connectivity index (χ4n) is 1.19. The van der Waals surface area contributed by atoms with E-state index in [2.05, 4.69) is 5.10 Å². The Morgan fingerprint density at radius 2 is 2.24 bits per heavy atom. The largest absolute Gasteiger partial charge is 1.00 e. The Labute approximate surface area is 120 Å². The molecule has 7 heteroatoms. The number of halogens is 2. The summed E-state index contributed by atoms with van der Waals surface area (Å²) in [6, 6.07) is 0. The predicted molar refractivity (Wildman–Crippen MR) is 51.1 cm³/mol. The quantitative estimate of drug-likeness (QED) is 0.267. The topological polar surface area (TPSA) is 58.0 Å². The van der Waals surface area contributed by atoms with E-state index in [0.29, 0.717) is 18.3 Å². The van der Waals surface area contributed by atoms with Gasteiger partial charge in [0.1, 0.15) is 0 Å². The van der Waals surface area contributed by atoms with Crippen molar-refractivity contribution in [2.45, 2.75) is 26.8 Å². The first-order valence-corrected chi connectivity index (χ1v) is 4.70. The Balaban J connectivity index is 0.00000256. The summed E-state index contributed by atoms with van der Waals surface area (Å²) >= 11 is 0. The number of ketones is 1. The van der Waals surface area contributed by atoms with Crippen LogP contribution in [-0.2, 0) is 6.54 Å². The van der Waals surface area contributed by atoms with E-state index >= 15 is 0 Å². The Morgan fingerprint density at radius 1 is 1.65 bits per heavy atom. The number of nitrogens with zero attached hydrogens (tertiary/aromatic N) is 2. The Kier molecular flexibility index (Phi) is 6.59. The number of hydrogen-bond donors (Lipinski definition) is 0. The van der Waals surface area contributed by atoms with Crippen LogP contribution in [0.5, 0.6) is 0 Å². The van der Waals surface area contributed by atoms with Crippen LogP contribution in [0.3, 0.4) is 0 Å². The van der Waals surface area contributed by atoms with E-state index in [-0.39, 0.29) is 35.1 Å². The first-order valence-electron chi connectivity index (χ1n) is 4.70. The van der Waals surface area contributed by atoms with Gasteiger partial charge in [-0.25, -0.2) is 8.78 Å². The van der Waals surface area contributed by atoms with Crippen LogP contribution in [0.25, 0.3) is 0 Å². The number of rotatable bonds is 4. The standard InChI is InChI=1S/C10H12F2N2O2.Na/c1-3-14-5-7(6(2)13-14)8(15)4-9(16)10(11)12;/h4-5,10,16H,3H2,1-2H3;/q;+1/p-1. The second-order valence-electron chi connectivity index (χ2n) is 3.20. The van der Waals surface area contributed by atoms with Crippen LogP contribution in [0, 0.1) is 6.92 Å². The van der Waals surface area contributed by atoms with Gasteiger partial charge >= 0.3 is 29.6 Å². The molecule has 1 aromatic heterocycles. The minimum Gasteiger partial charge on any atom is -0.872 e. The van der Waals surface area contributed by atoms with Gasteiger partial charge in [0.2, 0.25) is 6.43 Å². The maximum atomic E-state index is 11.9. The van der Waals surface area contributed by atoms with Gasteiger partial charge in [-0.1, -0.05) is 5.76 Å². The van der Waals surface area contributed by atoms with Crippen LogP contribution in [0.4, 0.5) is 8.78 Å². The van der Waals surface area contributed by atoms with E-state index in [4.69, 9.17) is 0 Å². The maximum Gasteiger partial charge on any atom is 1.00 e. The molecule has 1 rings (SSSR count). The van der Waals surface area contributed by atoms with Crippen molar-refractivity contribution < 1.29 is 48.2 Å². The number of carbonyl (C=O) groups is 1. The molecule has 0 aliphatic carbocycles. The third-order valence-corrected chi connectivity index (χ3v) is 2.02. The molecule has 0 saturated carbocycles. The van der Waals surface area contributed by atoms with E-state index in [0.717, 1.165) is 0 Å². The third kappa shape index (κ3) is 4.22. The molecule has 0 fully saturated rings. The summed E-state index contributed by atoms with van der Waals surface area (Å²) in [6.07, 6.45) is -1.30. The summed E-state index contributed by atoms with van der Waals surface area (Å²) in [6.45, 7) is 3.98. The number of hydrogen-bond acceptors (Lipinski definition) is 3. The zero-order valence-electron chi connectivity index (χ0n) is 9.91. The first kappa shape index (κ1) is 16.3. The van der Waals surface area contributed by atoms with Crippen molar-refractivity contribution in [3.8, 4) is 0 Å². The molecule has 0 aromatic carbocycles. The molecule has 0 spiro atoms. The number of carbonyl (C=O) groups excluding carboxylic acids is 1. The molecule has 4 nitrogen and oxygen atoms in total. The van der Waals surface area contributed by atoms with E-state index in [1.54, 1.807) is 6.92 Å². The van der Waals surface area contributed by atoms with E-state index in [1.807, 2.05) is 6.92 Å².